The van der Waals surface area contributed by atoms with Crippen molar-refractivity contribution >= 4 is 0 Å². The molecule has 0 aliphatic heterocycles. The summed E-state index contributed by atoms with van der Waals surface area (Å²) in [7, 11) is 0. The van der Waals surface area contributed by atoms with Crippen LogP contribution in [0.1, 0.15) is 20.8 Å². The second-order valence-electron chi connectivity index (χ2n) is 2.86. The molecule has 0 aromatic rings. The van der Waals surface area contributed by atoms with Crippen LogP contribution < -0.4 is 0 Å². The molecule has 3 nitrogen and oxygen atoms in total. The van der Waals surface area contributed by atoms with Gasteiger partial charge < -0.3 is 15.3 Å². The number of rotatable bonds is 2. The van der Waals surface area contributed by atoms with Crippen molar-refractivity contribution in [2.45, 2.75) is 32.7 Å². The number of hydrogen-bond acceptors (Lipinski definition) is 3. The lowest BCUT2D eigenvalue weighted by Gasteiger charge is -2.26. The molecule has 3 N–H and O–H groups in total. The maximum Gasteiger partial charge on any atom is 0.156 e. The van der Waals surface area contributed by atoms with E-state index in [0.717, 1.165) is 0 Å². The summed E-state index contributed by atoms with van der Waals surface area (Å²) in [4.78, 5) is 0. The molecule has 1 atom stereocenters. The topological polar surface area (TPSA) is 60.7 Å². The van der Waals surface area contributed by atoms with Crippen LogP contribution in [-0.2, 0) is 0 Å². The van der Waals surface area contributed by atoms with Crippen LogP contribution in [0, 0.1) is 5.92 Å². The minimum absolute atomic E-state index is 0.516. The predicted octanol–water partition coefficient (Wildman–Crippen LogP) is -0.296. The van der Waals surface area contributed by atoms with Crippen LogP contribution in [-0.4, -0.2) is 27.2 Å². The number of aliphatic hydroxyl groups excluding tert-OH is 1. The van der Waals surface area contributed by atoms with Gasteiger partial charge in [0.1, 0.15) is 0 Å². The Morgan fingerprint density at radius 3 is 1.56 bits per heavy atom. The number of hydrogen-bond donors (Lipinski definition) is 3. The summed E-state index contributed by atoms with van der Waals surface area (Å²) in [5, 5.41) is 26.2. The van der Waals surface area contributed by atoms with Gasteiger partial charge in [0.15, 0.2) is 6.29 Å². The lowest BCUT2D eigenvalue weighted by atomic mass is 9.93. The Bertz CT molecular complexity index is 82.8. The molecule has 0 spiro atoms. The molecule has 3 heteroatoms. The van der Waals surface area contributed by atoms with E-state index in [0.29, 0.717) is 0 Å². The third kappa shape index (κ3) is 2.79. The summed E-state index contributed by atoms with van der Waals surface area (Å²) in [5.74, 6) is -0.516. The first-order valence-corrected chi connectivity index (χ1v) is 2.94. The van der Waals surface area contributed by atoms with Crippen molar-refractivity contribution < 1.29 is 15.3 Å². The molecule has 0 rings (SSSR count). The van der Waals surface area contributed by atoms with Gasteiger partial charge in [-0.05, 0) is 13.8 Å². The first kappa shape index (κ1) is 8.88. The molecule has 0 aromatic heterocycles. The fraction of sp³-hybridized carbons (Fsp3) is 1.00. The Morgan fingerprint density at radius 2 is 1.56 bits per heavy atom. The summed E-state index contributed by atoms with van der Waals surface area (Å²) in [5.41, 5.74) is -1.02. The highest BCUT2D eigenvalue weighted by atomic mass is 16.5. The van der Waals surface area contributed by atoms with Gasteiger partial charge in [0.05, 0.1) is 5.60 Å². The highest BCUT2D eigenvalue weighted by Crippen LogP contribution is 2.17. The van der Waals surface area contributed by atoms with Gasteiger partial charge in [-0.1, -0.05) is 6.92 Å². The fourth-order valence-electron chi connectivity index (χ4n) is 0.365. The summed E-state index contributed by atoms with van der Waals surface area (Å²) in [6, 6.07) is 0. The summed E-state index contributed by atoms with van der Waals surface area (Å²) in [6.45, 7) is 4.65. The Hall–Kier alpha value is -0.120. The molecule has 0 bridgehead atoms. The molecule has 0 aliphatic carbocycles. The molecule has 0 fully saturated rings. The predicted molar refractivity (Wildman–Crippen MR) is 33.7 cm³/mol. The van der Waals surface area contributed by atoms with Gasteiger partial charge in [-0.2, -0.15) is 0 Å². The first-order chi connectivity index (χ1) is 3.85. The Morgan fingerprint density at radius 1 is 1.22 bits per heavy atom. The van der Waals surface area contributed by atoms with Crippen LogP contribution in [0.5, 0.6) is 0 Å². The second-order valence-corrected chi connectivity index (χ2v) is 2.86. The smallest absolute Gasteiger partial charge is 0.156 e. The van der Waals surface area contributed by atoms with Gasteiger partial charge in [-0.3, -0.25) is 0 Å². The van der Waals surface area contributed by atoms with Crippen LogP contribution in [0.4, 0.5) is 0 Å². The van der Waals surface area contributed by atoms with Crippen molar-refractivity contribution in [1.82, 2.24) is 0 Å². The summed E-state index contributed by atoms with van der Waals surface area (Å²) < 4.78 is 0. The average molecular weight is 134 g/mol. The Balaban J connectivity index is 3.88. The van der Waals surface area contributed by atoms with E-state index in [1.54, 1.807) is 6.92 Å². The quantitative estimate of drug-likeness (QED) is 0.454. The Labute approximate surface area is 54.9 Å². The molecular weight excluding hydrogens is 120 g/mol. The molecule has 0 heterocycles. The monoisotopic (exact) mass is 134 g/mol. The summed E-state index contributed by atoms with van der Waals surface area (Å²) in [6.07, 6.45) is -1.44. The molecule has 0 saturated carbocycles. The molecule has 0 aromatic carbocycles. The van der Waals surface area contributed by atoms with E-state index in [4.69, 9.17) is 15.3 Å². The molecule has 0 radical (unpaired) electrons. The van der Waals surface area contributed by atoms with Crippen molar-refractivity contribution in [3.63, 3.8) is 0 Å². The van der Waals surface area contributed by atoms with E-state index < -0.39 is 17.8 Å². The van der Waals surface area contributed by atoms with Crippen molar-refractivity contribution in [3.05, 3.63) is 0 Å². The molecule has 9 heavy (non-hydrogen) atoms. The van der Waals surface area contributed by atoms with Gasteiger partial charge in [-0.15, -0.1) is 0 Å². The third-order valence-electron chi connectivity index (χ3n) is 1.56. The zero-order valence-electron chi connectivity index (χ0n) is 6.00. The van der Waals surface area contributed by atoms with Gasteiger partial charge in [0.25, 0.3) is 0 Å². The maximum absolute atomic E-state index is 9.14. The summed E-state index contributed by atoms with van der Waals surface area (Å²) >= 11 is 0. The van der Waals surface area contributed by atoms with Crippen molar-refractivity contribution in [1.29, 1.82) is 0 Å². The lowest BCUT2D eigenvalue weighted by molar-refractivity contribution is -0.137. The minimum atomic E-state index is -1.44. The molecule has 0 saturated heterocycles. The second kappa shape index (κ2) is 2.64. The van der Waals surface area contributed by atoms with Gasteiger partial charge >= 0.3 is 0 Å². The van der Waals surface area contributed by atoms with Crippen LogP contribution >= 0.6 is 0 Å². The fourth-order valence-corrected chi connectivity index (χ4v) is 0.365. The van der Waals surface area contributed by atoms with E-state index in [1.165, 1.54) is 13.8 Å². The highest BCUT2D eigenvalue weighted by molar-refractivity contribution is 4.74. The van der Waals surface area contributed by atoms with E-state index in [9.17, 15) is 0 Å². The molecule has 0 aliphatic rings. The van der Waals surface area contributed by atoms with Crippen LogP contribution in [0.15, 0.2) is 0 Å². The molecule has 1 unspecified atom stereocenters. The van der Waals surface area contributed by atoms with E-state index in [2.05, 4.69) is 0 Å². The largest absolute Gasteiger partial charge is 0.390 e. The average Bonchev–Trinajstić information content (AvgIpc) is 1.62. The zero-order valence-corrected chi connectivity index (χ0v) is 6.00. The minimum Gasteiger partial charge on any atom is -0.390 e. The molecular formula is C6H14O3. The first-order valence-electron chi connectivity index (χ1n) is 2.94. The van der Waals surface area contributed by atoms with Gasteiger partial charge in [0, 0.05) is 5.92 Å². The molecule has 56 valence electrons. The standard InChI is InChI=1S/C6H14O3/c1-4(5(7)8)6(2,3)9/h4-5,7-9H,1-3H3. The van der Waals surface area contributed by atoms with Gasteiger partial charge in [0.2, 0.25) is 0 Å². The van der Waals surface area contributed by atoms with Gasteiger partial charge in [-0.25, -0.2) is 0 Å². The zero-order chi connectivity index (χ0) is 7.65. The van der Waals surface area contributed by atoms with E-state index in [1.807, 2.05) is 0 Å². The third-order valence-corrected chi connectivity index (χ3v) is 1.56. The van der Waals surface area contributed by atoms with E-state index in [-0.39, 0.29) is 0 Å². The van der Waals surface area contributed by atoms with Crippen LogP contribution in [0.3, 0.4) is 0 Å². The van der Waals surface area contributed by atoms with Crippen LogP contribution in [0.25, 0.3) is 0 Å². The van der Waals surface area contributed by atoms with Crippen molar-refractivity contribution in [2.75, 3.05) is 0 Å². The molecule has 0 amide bonds. The van der Waals surface area contributed by atoms with Crippen LogP contribution in [0.2, 0.25) is 0 Å². The highest BCUT2D eigenvalue weighted by Gasteiger charge is 2.27. The normalized spacial score (nSPS) is 16.3. The number of aliphatic hydroxyl groups is 3. The van der Waals surface area contributed by atoms with Crippen molar-refractivity contribution in [3.8, 4) is 0 Å². The Kier molecular flexibility index (Phi) is 2.61. The SMILES string of the molecule is CC(C(O)O)C(C)(C)O. The maximum atomic E-state index is 9.14. The lowest BCUT2D eigenvalue weighted by Crippen LogP contribution is -2.36. The van der Waals surface area contributed by atoms with E-state index >= 15 is 0 Å². The van der Waals surface area contributed by atoms with Crippen molar-refractivity contribution in [2.24, 2.45) is 5.92 Å².